The standard InChI is InChI=1S/C26H32N4O4.C20H16Cl2N2O4.CH4/c1-15(2)27-13-11-21(31)29-19-9-5-7-17-23(19)26(34)24-18(25(17)33)8-6-10-20(24)30-22(32)12-14-28-16(3)4;21-9-7-15(25)23-13-5-1-3-11-17(13)20(28)18-12(19(11)27)4-2-6-14(18)24-16(26)8-10-22;/h5-10,15-16,27-28H,11-14H2,1-4H3,(H,29,31)(H,30,32);1-6H,7-10H2,(H,23,25)(H,24,26);1H4. The number of hydrogen-bond acceptors (Lipinski definition) is 10. The SMILES string of the molecule is C.CC(C)NCCC(=O)Nc1cccc2c1C(=O)c1c(NC(=O)CCNC(C)C)cccc1C2=O.O=C(CCCl)Nc1cccc2c1C(=O)c1c(NC(=O)CCCl)cccc1C2=O. The van der Waals surface area contributed by atoms with Gasteiger partial charge in [0.15, 0.2) is 23.1 Å². The summed E-state index contributed by atoms with van der Waals surface area (Å²) in [6.45, 7) is 8.95. The van der Waals surface area contributed by atoms with E-state index in [4.69, 9.17) is 23.2 Å². The van der Waals surface area contributed by atoms with Crippen molar-refractivity contribution in [1.29, 1.82) is 0 Å². The summed E-state index contributed by atoms with van der Waals surface area (Å²) in [5, 5.41) is 17.2. The number of alkyl halides is 2. The molecule has 0 spiro atoms. The number of carbonyl (C=O) groups excluding carboxylic acids is 8. The largest absolute Gasteiger partial charge is 0.325 e. The Morgan fingerprint density at radius 2 is 0.683 bits per heavy atom. The van der Waals surface area contributed by atoms with Gasteiger partial charge in [-0.1, -0.05) is 83.7 Å². The molecule has 4 amide bonds. The minimum atomic E-state index is -0.451. The Balaban J connectivity index is 0.000000277. The van der Waals surface area contributed by atoms with Gasteiger partial charge in [-0.2, -0.15) is 0 Å². The summed E-state index contributed by atoms with van der Waals surface area (Å²) in [5.74, 6) is -2.51. The Kier molecular flexibility index (Phi) is 18.0. The van der Waals surface area contributed by atoms with Crippen LogP contribution in [0.4, 0.5) is 22.7 Å². The number of benzene rings is 4. The van der Waals surface area contributed by atoms with E-state index in [1.54, 1.807) is 60.7 Å². The first kappa shape index (κ1) is 49.6. The molecule has 63 heavy (non-hydrogen) atoms. The van der Waals surface area contributed by atoms with E-state index in [-0.39, 0.29) is 148 Å². The highest BCUT2D eigenvalue weighted by Crippen LogP contribution is 2.37. The maximum Gasteiger partial charge on any atom is 0.225 e. The molecule has 0 aliphatic heterocycles. The summed E-state index contributed by atoms with van der Waals surface area (Å²) in [6.07, 6.45) is 0.603. The van der Waals surface area contributed by atoms with Gasteiger partial charge in [-0.05, 0) is 24.3 Å². The minimum Gasteiger partial charge on any atom is -0.325 e. The zero-order chi connectivity index (χ0) is 45.1. The van der Waals surface area contributed by atoms with E-state index < -0.39 is 11.6 Å². The molecule has 0 saturated carbocycles. The van der Waals surface area contributed by atoms with E-state index in [0.717, 1.165) is 0 Å². The van der Waals surface area contributed by atoms with E-state index in [0.29, 0.717) is 24.5 Å². The molecule has 0 atom stereocenters. The average Bonchev–Trinajstić information content (AvgIpc) is 3.22. The lowest BCUT2D eigenvalue weighted by atomic mass is 9.82. The Labute approximate surface area is 376 Å². The summed E-state index contributed by atoms with van der Waals surface area (Å²) in [7, 11) is 0. The smallest absolute Gasteiger partial charge is 0.225 e. The van der Waals surface area contributed by atoms with E-state index in [9.17, 15) is 38.4 Å². The van der Waals surface area contributed by atoms with Gasteiger partial charge < -0.3 is 31.9 Å². The molecule has 332 valence electrons. The molecule has 2 aliphatic carbocycles. The highest BCUT2D eigenvalue weighted by Gasteiger charge is 2.36. The topological polar surface area (TPSA) is 209 Å². The number of hydrogen-bond donors (Lipinski definition) is 6. The molecule has 0 bridgehead atoms. The molecule has 0 radical (unpaired) electrons. The number of halogens is 2. The summed E-state index contributed by atoms with van der Waals surface area (Å²) < 4.78 is 0. The molecule has 0 aromatic heterocycles. The van der Waals surface area contributed by atoms with Gasteiger partial charge in [-0.3, -0.25) is 38.4 Å². The number of nitrogens with one attached hydrogen (secondary N) is 6. The fraction of sp³-hybridized carbons (Fsp3) is 0.319. The van der Waals surface area contributed by atoms with Gasteiger partial charge in [0.05, 0.1) is 45.0 Å². The minimum absolute atomic E-state index is 0. The van der Waals surface area contributed by atoms with Crippen LogP contribution in [0.25, 0.3) is 0 Å². The maximum absolute atomic E-state index is 13.6. The van der Waals surface area contributed by atoms with Crippen molar-refractivity contribution in [2.45, 2.75) is 72.9 Å². The van der Waals surface area contributed by atoms with Crippen LogP contribution in [0.3, 0.4) is 0 Å². The van der Waals surface area contributed by atoms with Crippen molar-refractivity contribution in [3.05, 3.63) is 117 Å². The molecule has 0 fully saturated rings. The lowest BCUT2D eigenvalue weighted by Crippen LogP contribution is -2.29. The predicted octanol–water partition coefficient (Wildman–Crippen LogP) is 7.35. The fourth-order valence-electron chi connectivity index (χ4n) is 6.87. The van der Waals surface area contributed by atoms with E-state index in [2.05, 4.69) is 31.9 Å². The second-order valence-electron chi connectivity index (χ2n) is 15.0. The van der Waals surface area contributed by atoms with Gasteiger partial charge in [-0.15, -0.1) is 23.2 Å². The highest BCUT2D eigenvalue weighted by atomic mass is 35.5. The molecule has 6 rings (SSSR count). The third-order valence-electron chi connectivity index (χ3n) is 9.69. The first-order chi connectivity index (χ1) is 29.7. The molecule has 4 aromatic carbocycles. The summed E-state index contributed by atoms with van der Waals surface area (Å²) in [4.78, 5) is 102. The van der Waals surface area contributed by atoms with Crippen LogP contribution in [0, 0.1) is 0 Å². The molecular formula is C47H52Cl2N6O8. The number of amides is 4. The molecule has 14 nitrogen and oxygen atoms in total. The van der Waals surface area contributed by atoms with Crippen LogP contribution < -0.4 is 31.9 Å². The van der Waals surface area contributed by atoms with Crippen LogP contribution in [0.5, 0.6) is 0 Å². The second-order valence-corrected chi connectivity index (χ2v) is 15.8. The van der Waals surface area contributed by atoms with Crippen LogP contribution in [0.1, 0.15) is 124 Å². The Hall–Kier alpha value is -6.06. The normalized spacial score (nSPS) is 12.2. The first-order valence-corrected chi connectivity index (χ1v) is 21.2. The van der Waals surface area contributed by atoms with Crippen molar-refractivity contribution in [3.8, 4) is 0 Å². The van der Waals surface area contributed by atoms with Gasteiger partial charge in [0.25, 0.3) is 0 Å². The van der Waals surface area contributed by atoms with Gasteiger partial charge in [-0.25, -0.2) is 0 Å². The zero-order valence-electron chi connectivity index (χ0n) is 34.8. The van der Waals surface area contributed by atoms with E-state index in [1.165, 1.54) is 12.1 Å². The summed E-state index contributed by atoms with van der Waals surface area (Å²) >= 11 is 11.2. The van der Waals surface area contributed by atoms with Gasteiger partial charge in [0, 0.05) is 84.9 Å². The Morgan fingerprint density at radius 1 is 0.429 bits per heavy atom. The molecule has 6 N–H and O–H groups in total. The summed E-state index contributed by atoms with van der Waals surface area (Å²) in [6, 6.07) is 19.5. The highest BCUT2D eigenvalue weighted by molar-refractivity contribution is 6.34. The number of ketones is 4. The van der Waals surface area contributed by atoms with Crippen LogP contribution in [-0.2, 0) is 19.2 Å². The van der Waals surface area contributed by atoms with Gasteiger partial charge in [0.1, 0.15) is 0 Å². The molecule has 4 aromatic rings. The molecule has 0 saturated heterocycles. The van der Waals surface area contributed by atoms with Crippen LogP contribution >= 0.6 is 23.2 Å². The van der Waals surface area contributed by atoms with Crippen LogP contribution in [0.2, 0.25) is 0 Å². The van der Waals surface area contributed by atoms with Crippen molar-refractivity contribution < 1.29 is 38.4 Å². The van der Waals surface area contributed by atoms with Crippen molar-refractivity contribution >= 4 is 92.7 Å². The lowest BCUT2D eigenvalue weighted by Gasteiger charge is -2.23. The molecule has 2 aliphatic rings. The molecule has 16 heteroatoms. The van der Waals surface area contributed by atoms with Gasteiger partial charge >= 0.3 is 0 Å². The van der Waals surface area contributed by atoms with Crippen molar-refractivity contribution in [3.63, 3.8) is 0 Å². The van der Waals surface area contributed by atoms with Gasteiger partial charge in [0.2, 0.25) is 23.6 Å². The first-order valence-electron chi connectivity index (χ1n) is 20.2. The predicted molar refractivity (Wildman–Crippen MR) is 247 cm³/mol. The Bertz CT molecular complexity index is 2270. The number of carbonyl (C=O) groups is 8. The van der Waals surface area contributed by atoms with Crippen molar-refractivity contribution in [2.75, 3.05) is 46.1 Å². The number of rotatable bonds is 16. The lowest BCUT2D eigenvalue weighted by molar-refractivity contribution is -0.117. The van der Waals surface area contributed by atoms with Crippen molar-refractivity contribution in [1.82, 2.24) is 10.6 Å². The third kappa shape index (κ3) is 12.1. The molecule has 0 heterocycles. The summed E-state index contributed by atoms with van der Waals surface area (Å²) in [5.41, 5.74) is 2.41. The van der Waals surface area contributed by atoms with Crippen molar-refractivity contribution in [2.24, 2.45) is 0 Å². The Morgan fingerprint density at radius 3 is 0.921 bits per heavy atom. The van der Waals surface area contributed by atoms with E-state index in [1.807, 2.05) is 27.7 Å². The van der Waals surface area contributed by atoms with Crippen LogP contribution in [0.15, 0.2) is 72.8 Å². The average molecular weight is 900 g/mol. The third-order valence-corrected chi connectivity index (χ3v) is 10.1. The monoisotopic (exact) mass is 898 g/mol. The van der Waals surface area contributed by atoms with E-state index >= 15 is 0 Å². The fourth-order valence-corrected chi connectivity index (χ4v) is 7.22. The number of anilines is 4. The second kappa shape index (κ2) is 22.9. The van der Waals surface area contributed by atoms with Crippen LogP contribution in [-0.4, -0.2) is 83.7 Å². The molecule has 0 unspecified atom stereocenters. The zero-order valence-corrected chi connectivity index (χ0v) is 36.3. The quantitative estimate of drug-likeness (QED) is 0.0533. The number of fused-ring (bicyclic) bond motifs is 4. The maximum atomic E-state index is 13.6. The molecular weight excluding hydrogens is 847 g/mol.